The Balaban J connectivity index is 1.57. The van der Waals surface area contributed by atoms with Crippen LogP contribution < -0.4 is 5.32 Å². The second-order valence-corrected chi connectivity index (χ2v) is 9.78. The van der Waals surface area contributed by atoms with Gasteiger partial charge in [-0.05, 0) is 36.9 Å². The molecule has 31 heavy (non-hydrogen) atoms. The molecule has 4 aromatic rings. The van der Waals surface area contributed by atoms with Gasteiger partial charge in [0.15, 0.2) is 0 Å². The Hall–Kier alpha value is -2.75. The fourth-order valence-electron chi connectivity index (χ4n) is 2.88. The largest absolute Gasteiger partial charge is 0.462 e. The topological polar surface area (TPSA) is 81.2 Å². The second-order valence-electron chi connectivity index (χ2n) is 6.51. The van der Waals surface area contributed by atoms with Crippen molar-refractivity contribution in [3.8, 4) is 10.4 Å². The summed E-state index contributed by atoms with van der Waals surface area (Å²) in [4.78, 5) is 35.8. The van der Waals surface area contributed by atoms with Crippen molar-refractivity contribution in [3.63, 3.8) is 0 Å². The Bertz CT molecular complexity index is 1220. The van der Waals surface area contributed by atoms with Gasteiger partial charge in [-0.25, -0.2) is 14.8 Å². The molecule has 0 aliphatic carbocycles. The van der Waals surface area contributed by atoms with E-state index in [4.69, 9.17) is 4.74 Å². The average Bonchev–Trinajstić information content (AvgIpc) is 3.42. The number of carbonyl (C=O) groups excluding carboxylic acids is 2. The van der Waals surface area contributed by atoms with Gasteiger partial charge >= 0.3 is 5.97 Å². The van der Waals surface area contributed by atoms with E-state index in [1.165, 1.54) is 40.8 Å². The van der Waals surface area contributed by atoms with Gasteiger partial charge in [0.1, 0.15) is 21.2 Å². The molecule has 1 N–H and O–H groups in total. The number of anilines is 1. The van der Waals surface area contributed by atoms with Crippen molar-refractivity contribution in [1.82, 2.24) is 9.97 Å². The zero-order valence-electron chi connectivity index (χ0n) is 16.8. The van der Waals surface area contributed by atoms with E-state index in [0.717, 1.165) is 25.7 Å². The van der Waals surface area contributed by atoms with Gasteiger partial charge in [-0.1, -0.05) is 42.1 Å². The predicted octanol–water partition coefficient (Wildman–Crippen LogP) is 5.72. The highest BCUT2D eigenvalue weighted by Gasteiger charge is 2.23. The van der Waals surface area contributed by atoms with Crippen molar-refractivity contribution >= 4 is 61.5 Å². The Kier molecular flexibility index (Phi) is 6.64. The Morgan fingerprint density at radius 2 is 2.00 bits per heavy atom. The molecule has 0 radical (unpaired) electrons. The number of carbonyl (C=O) groups is 2. The first-order chi connectivity index (χ1) is 15.1. The zero-order chi connectivity index (χ0) is 21.8. The summed E-state index contributed by atoms with van der Waals surface area (Å²) in [5, 5.41) is 6.63. The van der Waals surface area contributed by atoms with E-state index in [0.29, 0.717) is 10.6 Å². The van der Waals surface area contributed by atoms with E-state index >= 15 is 0 Å². The van der Waals surface area contributed by atoms with Crippen LogP contribution in [0.1, 0.15) is 24.2 Å². The number of aromatic nitrogens is 2. The highest BCUT2D eigenvalue weighted by atomic mass is 32.2. The van der Waals surface area contributed by atoms with Crippen LogP contribution in [0.3, 0.4) is 0 Å². The molecular weight excluding hydrogens is 450 g/mol. The molecule has 1 atom stereocenters. The average molecular weight is 470 g/mol. The minimum absolute atomic E-state index is 0.209. The lowest BCUT2D eigenvalue weighted by Crippen LogP contribution is -2.23. The molecule has 1 unspecified atom stereocenters. The molecule has 0 bridgehead atoms. The van der Waals surface area contributed by atoms with E-state index in [1.807, 2.05) is 48.7 Å². The van der Waals surface area contributed by atoms with Crippen LogP contribution in [0.2, 0.25) is 0 Å². The third-order valence-corrected chi connectivity index (χ3v) is 7.44. The quantitative estimate of drug-likeness (QED) is 0.212. The van der Waals surface area contributed by atoms with Gasteiger partial charge in [0, 0.05) is 10.3 Å². The van der Waals surface area contributed by atoms with Crippen LogP contribution in [0.4, 0.5) is 5.00 Å². The van der Waals surface area contributed by atoms with E-state index in [-0.39, 0.29) is 12.5 Å². The number of fused-ring (bicyclic) bond motifs is 1. The molecule has 0 aliphatic rings. The van der Waals surface area contributed by atoms with Crippen molar-refractivity contribution in [2.75, 3.05) is 11.9 Å². The molecule has 3 heterocycles. The summed E-state index contributed by atoms with van der Waals surface area (Å²) in [7, 11) is 0. The number of benzene rings is 1. The number of nitrogens with zero attached hydrogens (tertiary/aromatic N) is 2. The third-order valence-electron chi connectivity index (χ3n) is 4.41. The first-order valence-electron chi connectivity index (χ1n) is 9.59. The van der Waals surface area contributed by atoms with Crippen LogP contribution in [0.25, 0.3) is 20.7 Å². The van der Waals surface area contributed by atoms with Crippen molar-refractivity contribution in [1.29, 1.82) is 0 Å². The number of hydrogen-bond donors (Lipinski definition) is 1. The minimum Gasteiger partial charge on any atom is -0.462 e. The summed E-state index contributed by atoms with van der Waals surface area (Å²) in [5.74, 6) is -0.661. The molecule has 0 aliphatic heterocycles. The van der Waals surface area contributed by atoms with Crippen molar-refractivity contribution in [3.05, 3.63) is 59.7 Å². The second kappa shape index (κ2) is 9.59. The number of esters is 1. The van der Waals surface area contributed by atoms with E-state index in [2.05, 4.69) is 15.3 Å². The molecule has 1 aromatic carbocycles. The first-order valence-corrected chi connectivity index (χ1v) is 12.2. The normalized spacial score (nSPS) is 11.9. The number of rotatable bonds is 7. The fourth-order valence-corrected chi connectivity index (χ4v) is 5.64. The Morgan fingerprint density at radius 3 is 2.77 bits per heavy atom. The zero-order valence-corrected chi connectivity index (χ0v) is 19.3. The number of ether oxygens (including phenoxy) is 1. The van der Waals surface area contributed by atoms with Gasteiger partial charge in [-0.3, -0.25) is 4.79 Å². The van der Waals surface area contributed by atoms with Gasteiger partial charge in [0.25, 0.3) is 0 Å². The molecule has 0 saturated carbocycles. The van der Waals surface area contributed by atoms with Crippen LogP contribution in [-0.2, 0) is 9.53 Å². The number of thioether (sulfide) groups is 1. The van der Waals surface area contributed by atoms with Gasteiger partial charge < -0.3 is 10.1 Å². The van der Waals surface area contributed by atoms with Crippen LogP contribution in [0.5, 0.6) is 0 Å². The lowest BCUT2D eigenvalue weighted by molar-refractivity contribution is -0.115. The van der Waals surface area contributed by atoms with E-state index in [9.17, 15) is 9.59 Å². The molecule has 0 saturated heterocycles. The number of thiophene rings is 2. The highest BCUT2D eigenvalue weighted by molar-refractivity contribution is 8.00. The van der Waals surface area contributed by atoms with Crippen molar-refractivity contribution in [2.45, 2.75) is 24.1 Å². The fraction of sp³-hybridized carbons (Fsp3) is 0.182. The lowest BCUT2D eigenvalue weighted by atomic mass is 10.1. The Morgan fingerprint density at radius 1 is 1.19 bits per heavy atom. The van der Waals surface area contributed by atoms with E-state index in [1.54, 1.807) is 13.0 Å². The number of hydrogen-bond acceptors (Lipinski definition) is 8. The van der Waals surface area contributed by atoms with Crippen molar-refractivity contribution in [2.24, 2.45) is 0 Å². The van der Waals surface area contributed by atoms with Gasteiger partial charge in [0.2, 0.25) is 5.91 Å². The molecule has 1 amide bonds. The van der Waals surface area contributed by atoms with Gasteiger partial charge in [0.05, 0.1) is 17.4 Å². The maximum atomic E-state index is 13.0. The van der Waals surface area contributed by atoms with E-state index < -0.39 is 11.2 Å². The van der Waals surface area contributed by atoms with Crippen LogP contribution in [0, 0.1) is 0 Å². The summed E-state index contributed by atoms with van der Waals surface area (Å²) in [6, 6.07) is 13.5. The molecule has 9 heteroatoms. The van der Waals surface area contributed by atoms with Crippen LogP contribution in [-0.4, -0.2) is 33.7 Å². The smallest absolute Gasteiger partial charge is 0.341 e. The SMILES string of the molecule is CCOC(=O)c1cc(-c2ccccc2)sc1NC(=O)C(C)Sc1ncnc2sccc12. The monoisotopic (exact) mass is 469 g/mol. The van der Waals surface area contributed by atoms with Gasteiger partial charge in [-0.2, -0.15) is 0 Å². The number of amides is 1. The third kappa shape index (κ3) is 4.79. The summed E-state index contributed by atoms with van der Waals surface area (Å²) in [5.41, 5.74) is 1.33. The standard InChI is InChI=1S/C22H19N3O3S3/c1-3-28-22(27)16-11-17(14-7-5-4-6-8-14)31-21(16)25-18(26)13(2)30-20-15-9-10-29-19(15)23-12-24-20/h4-13H,3H2,1-2H3,(H,25,26). The maximum Gasteiger partial charge on any atom is 0.341 e. The lowest BCUT2D eigenvalue weighted by Gasteiger charge is -2.12. The maximum absolute atomic E-state index is 13.0. The minimum atomic E-state index is -0.452. The number of nitrogens with one attached hydrogen (secondary N) is 1. The highest BCUT2D eigenvalue weighted by Crippen LogP contribution is 2.37. The summed E-state index contributed by atoms with van der Waals surface area (Å²) in [6.07, 6.45) is 1.51. The van der Waals surface area contributed by atoms with Crippen LogP contribution >= 0.6 is 34.4 Å². The molecule has 0 spiro atoms. The predicted molar refractivity (Wildman–Crippen MR) is 127 cm³/mol. The van der Waals surface area contributed by atoms with Crippen LogP contribution in [0.15, 0.2) is 59.2 Å². The van der Waals surface area contributed by atoms with Gasteiger partial charge in [-0.15, -0.1) is 22.7 Å². The summed E-state index contributed by atoms with van der Waals surface area (Å²) < 4.78 is 5.19. The molecule has 4 rings (SSSR count). The molecule has 158 valence electrons. The molecule has 3 aromatic heterocycles. The first kappa shape index (κ1) is 21.5. The summed E-state index contributed by atoms with van der Waals surface area (Å²) >= 11 is 4.26. The Labute approximate surface area is 191 Å². The molecule has 0 fully saturated rings. The summed E-state index contributed by atoms with van der Waals surface area (Å²) in [6.45, 7) is 3.83. The molecular formula is C22H19N3O3S3. The molecule has 6 nitrogen and oxygen atoms in total. The van der Waals surface area contributed by atoms with Crippen molar-refractivity contribution < 1.29 is 14.3 Å².